The molecule has 1 aliphatic heterocycles. The molecule has 0 unspecified atom stereocenters. The molecule has 1 aliphatic rings. The Morgan fingerprint density at radius 2 is 1.84 bits per heavy atom. The molecular weight excluding hydrogens is 236 g/mol. The van der Waals surface area contributed by atoms with Crippen molar-refractivity contribution in [2.75, 3.05) is 13.1 Å². The average Bonchev–Trinajstić information content (AvgIpc) is 2.40. The Labute approximate surface area is 115 Å². The van der Waals surface area contributed by atoms with Gasteiger partial charge >= 0.3 is 0 Å². The standard InChI is InChI=1S/C16H24N2O/c1-12-4-6-14(7-5-12)13(2)18-15(19)16(3)8-10-17-11-9-16/h4-7,13,17H,8-11H2,1-3H3,(H,18,19)/t13-/m1/s1. The number of amides is 1. The number of rotatable bonds is 3. The summed E-state index contributed by atoms with van der Waals surface area (Å²) in [5.74, 6) is 0.182. The van der Waals surface area contributed by atoms with Crippen LogP contribution < -0.4 is 10.6 Å². The van der Waals surface area contributed by atoms with Crippen LogP contribution in [0.3, 0.4) is 0 Å². The molecule has 1 heterocycles. The number of nitrogens with one attached hydrogen (secondary N) is 2. The Kier molecular flexibility index (Phi) is 4.25. The zero-order valence-electron chi connectivity index (χ0n) is 12.1. The highest BCUT2D eigenvalue weighted by Gasteiger charge is 2.35. The van der Waals surface area contributed by atoms with E-state index in [4.69, 9.17) is 0 Å². The van der Waals surface area contributed by atoms with Crippen LogP contribution in [-0.2, 0) is 4.79 Å². The fourth-order valence-electron chi connectivity index (χ4n) is 2.51. The molecule has 19 heavy (non-hydrogen) atoms. The van der Waals surface area contributed by atoms with Gasteiger partial charge in [0.1, 0.15) is 0 Å². The summed E-state index contributed by atoms with van der Waals surface area (Å²) < 4.78 is 0. The van der Waals surface area contributed by atoms with Crippen molar-refractivity contribution < 1.29 is 4.79 Å². The summed E-state index contributed by atoms with van der Waals surface area (Å²) in [5, 5.41) is 6.47. The number of hydrogen-bond donors (Lipinski definition) is 2. The van der Waals surface area contributed by atoms with Crippen molar-refractivity contribution >= 4 is 5.91 Å². The topological polar surface area (TPSA) is 41.1 Å². The van der Waals surface area contributed by atoms with Crippen LogP contribution in [0.4, 0.5) is 0 Å². The lowest BCUT2D eigenvalue weighted by atomic mass is 9.80. The van der Waals surface area contributed by atoms with Gasteiger partial charge < -0.3 is 10.6 Å². The molecule has 1 atom stereocenters. The van der Waals surface area contributed by atoms with Gasteiger partial charge in [-0.2, -0.15) is 0 Å². The van der Waals surface area contributed by atoms with Crippen molar-refractivity contribution in [1.29, 1.82) is 0 Å². The largest absolute Gasteiger partial charge is 0.349 e. The summed E-state index contributed by atoms with van der Waals surface area (Å²) in [7, 11) is 0. The molecule has 3 nitrogen and oxygen atoms in total. The minimum absolute atomic E-state index is 0.0693. The maximum absolute atomic E-state index is 12.4. The summed E-state index contributed by atoms with van der Waals surface area (Å²) in [6.45, 7) is 8.06. The molecule has 0 saturated carbocycles. The fraction of sp³-hybridized carbons (Fsp3) is 0.562. The first-order valence-electron chi connectivity index (χ1n) is 7.09. The zero-order valence-corrected chi connectivity index (χ0v) is 12.1. The van der Waals surface area contributed by atoms with Gasteiger partial charge in [0.15, 0.2) is 0 Å². The van der Waals surface area contributed by atoms with Crippen molar-refractivity contribution in [2.45, 2.75) is 39.7 Å². The summed E-state index contributed by atoms with van der Waals surface area (Å²) in [4.78, 5) is 12.4. The highest BCUT2D eigenvalue weighted by molar-refractivity contribution is 5.82. The summed E-state index contributed by atoms with van der Waals surface area (Å²) in [6, 6.07) is 8.42. The van der Waals surface area contributed by atoms with Crippen molar-refractivity contribution in [3.63, 3.8) is 0 Å². The smallest absolute Gasteiger partial charge is 0.226 e. The predicted molar refractivity (Wildman–Crippen MR) is 77.9 cm³/mol. The molecule has 0 aromatic heterocycles. The zero-order chi connectivity index (χ0) is 13.9. The van der Waals surface area contributed by atoms with Gasteiger partial charge in [-0.25, -0.2) is 0 Å². The van der Waals surface area contributed by atoms with Crippen LogP contribution in [0, 0.1) is 12.3 Å². The lowest BCUT2D eigenvalue weighted by molar-refractivity contribution is -0.132. The van der Waals surface area contributed by atoms with Crippen molar-refractivity contribution in [1.82, 2.24) is 10.6 Å². The van der Waals surface area contributed by atoms with Crippen LogP contribution in [0.25, 0.3) is 0 Å². The van der Waals surface area contributed by atoms with Crippen LogP contribution in [-0.4, -0.2) is 19.0 Å². The van der Waals surface area contributed by atoms with Gasteiger partial charge in [0, 0.05) is 5.41 Å². The average molecular weight is 260 g/mol. The van der Waals surface area contributed by atoms with E-state index in [0.29, 0.717) is 0 Å². The van der Waals surface area contributed by atoms with Gasteiger partial charge in [-0.1, -0.05) is 36.8 Å². The summed E-state index contributed by atoms with van der Waals surface area (Å²) >= 11 is 0. The Balaban J connectivity index is 2.00. The second-order valence-corrected chi connectivity index (χ2v) is 5.92. The molecule has 1 aromatic carbocycles. The van der Waals surface area contributed by atoms with Gasteiger partial charge in [-0.3, -0.25) is 4.79 Å². The number of carbonyl (C=O) groups excluding carboxylic acids is 1. The molecule has 2 N–H and O–H groups in total. The molecule has 0 aliphatic carbocycles. The Morgan fingerprint density at radius 3 is 2.42 bits per heavy atom. The Bertz CT molecular complexity index is 433. The van der Waals surface area contributed by atoms with Gasteiger partial charge in [0.05, 0.1) is 6.04 Å². The van der Waals surface area contributed by atoms with Gasteiger partial charge in [-0.15, -0.1) is 0 Å². The minimum Gasteiger partial charge on any atom is -0.349 e. The molecule has 1 saturated heterocycles. The third-order valence-electron chi connectivity index (χ3n) is 4.18. The van der Waals surface area contributed by atoms with Gasteiger partial charge in [0.25, 0.3) is 0 Å². The molecule has 3 heteroatoms. The van der Waals surface area contributed by atoms with Gasteiger partial charge in [-0.05, 0) is 45.3 Å². The molecule has 0 spiro atoms. The molecule has 104 valence electrons. The molecule has 1 fully saturated rings. The molecule has 1 amide bonds. The first kappa shape index (κ1) is 14.1. The number of piperidine rings is 1. The quantitative estimate of drug-likeness (QED) is 0.877. The van der Waals surface area contributed by atoms with E-state index in [-0.39, 0.29) is 17.4 Å². The number of benzene rings is 1. The van der Waals surface area contributed by atoms with Crippen molar-refractivity contribution in [2.24, 2.45) is 5.41 Å². The van der Waals surface area contributed by atoms with E-state index in [9.17, 15) is 4.79 Å². The SMILES string of the molecule is Cc1ccc([C@@H](C)NC(=O)C2(C)CCNCC2)cc1. The third kappa shape index (κ3) is 3.35. The lowest BCUT2D eigenvalue weighted by Crippen LogP contribution is -2.46. The number of carbonyl (C=O) groups is 1. The first-order valence-corrected chi connectivity index (χ1v) is 7.09. The number of hydrogen-bond acceptors (Lipinski definition) is 2. The highest BCUT2D eigenvalue weighted by Crippen LogP contribution is 2.29. The van der Waals surface area contributed by atoms with E-state index in [1.54, 1.807) is 0 Å². The van der Waals surface area contributed by atoms with E-state index < -0.39 is 0 Å². The highest BCUT2D eigenvalue weighted by atomic mass is 16.2. The van der Waals surface area contributed by atoms with E-state index in [1.165, 1.54) is 5.56 Å². The second kappa shape index (κ2) is 5.74. The van der Waals surface area contributed by atoms with E-state index in [2.05, 4.69) is 48.7 Å². The van der Waals surface area contributed by atoms with Crippen LogP contribution in [0.5, 0.6) is 0 Å². The van der Waals surface area contributed by atoms with Crippen LogP contribution in [0.1, 0.15) is 43.9 Å². The number of aryl methyl sites for hydroxylation is 1. The molecular formula is C16H24N2O. The molecule has 0 bridgehead atoms. The fourth-order valence-corrected chi connectivity index (χ4v) is 2.51. The van der Waals surface area contributed by atoms with E-state index in [1.807, 2.05) is 6.92 Å². The molecule has 2 rings (SSSR count). The maximum Gasteiger partial charge on any atom is 0.226 e. The monoisotopic (exact) mass is 260 g/mol. The summed E-state index contributed by atoms with van der Waals surface area (Å²) in [5.41, 5.74) is 2.19. The normalized spacial score (nSPS) is 19.7. The Hall–Kier alpha value is -1.35. The molecule has 0 radical (unpaired) electrons. The predicted octanol–water partition coefficient (Wildman–Crippen LogP) is 2.56. The Morgan fingerprint density at radius 1 is 1.26 bits per heavy atom. The first-order chi connectivity index (χ1) is 9.01. The van der Waals surface area contributed by atoms with Gasteiger partial charge in [0.2, 0.25) is 5.91 Å². The van der Waals surface area contributed by atoms with E-state index >= 15 is 0 Å². The van der Waals surface area contributed by atoms with Crippen LogP contribution in [0.15, 0.2) is 24.3 Å². The van der Waals surface area contributed by atoms with Crippen LogP contribution >= 0.6 is 0 Å². The van der Waals surface area contributed by atoms with Crippen molar-refractivity contribution in [3.05, 3.63) is 35.4 Å². The van der Waals surface area contributed by atoms with E-state index in [0.717, 1.165) is 31.5 Å². The van der Waals surface area contributed by atoms with Crippen LogP contribution in [0.2, 0.25) is 0 Å². The molecule has 1 aromatic rings. The summed E-state index contributed by atoms with van der Waals surface area (Å²) in [6.07, 6.45) is 1.83. The van der Waals surface area contributed by atoms with Crippen molar-refractivity contribution in [3.8, 4) is 0 Å². The maximum atomic E-state index is 12.4. The second-order valence-electron chi connectivity index (χ2n) is 5.92. The third-order valence-corrected chi connectivity index (χ3v) is 4.18. The lowest BCUT2D eigenvalue weighted by Gasteiger charge is -2.33. The minimum atomic E-state index is -0.218.